The van der Waals surface area contributed by atoms with E-state index in [-0.39, 0.29) is 115 Å². The van der Waals surface area contributed by atoms with Crippen molar-refractivity contribution in [3.05, 3.63) is 179 Å². The van der Waals surface area contributed by atoms with E-state index in [0.717, 1.165) is 27.6 Å². The van der Waals surface area contributed by atoms with Gasteiger partial charge >= 0.3 is 0 Å². The van der Waals surface area contributed by atoms with Crippen LogP contribution in [0, 0.1) is 34.5 Å². The molecular formula is C86H109N17O12S2. The van der Waals surface area contributed by atoms with E-state index in [1.807, 2.05) is 60.7 Å². The van der Waals surface area contributed by atoms with Gasteiger partial charge in [0.1, 0.15) is 53.6 Å². The number of rotatable bonds is 34. The van der Waals surface area contributed by atoms with E-state index in [9.17, 15) is 28.8 Å². The normalized spacial score (nSPS) is 20.0. The van der Waals surface area contributed by atoms with E-state index in [1.54, 1.807) is 86.2 Å². The van der Waals surface area contributed by atoms with Gasteiger partial charge in [0, 0.05) is 161 Å². The number of ketones is 4. The lowest BCUT2D eigenvalue weighted by molar-refractivity contribution is -0.136. The largest absolute Gasteiger partial charge is 0.388 e. The first-order valence-electron chi connectivity index (χ1n) is 40.1. The van der Waals surface area contributed by atoms with E-state index < -0.39 is 143 Å². The molecule has 8 amide bonds. The van der Waals surface area contributed by atoms with Crippen molar-refractivity contribution in [1.29, 1.82) is 10.8 Å². The third-order valence-electron chi connectivity index (χ3n) is 21.1. The highest BCUT2D eigenvalue weighted by molar-refractivity contribution is 8.76. The summed E-state index contributed by atoms with van der Waals surface area (Å²) >= 11 is 0. The number of guanidine groups is 1. The SMILES string of the molecule is CC(=O)N[C@@H](CC1=CCC=N1)C(=O)N[C@H](Cc1ccccc1)C(=O)N[C@@H](CCCCC(=N)N)C(=O)N[C@@H](CC1=CCc2ccccc21)C(=O)C[C@@H](C)C(=O)C[C@H]1CCSSCCCNC(=O)[C@H](C)NC(=O)[C@H](Cc2c[nH]c3ccccc23)NC(=O)[C@H](CCCNC(=N)N)NC(=O)[C@@H](Cc2ccccc2)CC(=O)[C@H](Cc2c[nH]cn2)CC1=O. The maximum atomic E-state index is 15.4. The summed E-state index contributed by atoms with van der Waals surface area (Å²) in [4.78, 5) is 191. The number of nitrogens with zero attached hydrogens (tertiary/aromatic N) is 2. The van der Waals surface area contributed by atoms with Crippen molar-refractivity contribution >= 4 is 126 Å². The number of para-hydroxylation sites is 1. The Morgan fingerprint density at radius 3 is 2.01 bits per heavy atom. The second-order valence-corrected chi connectivity index (χ2v) is 32.9. The zero-order valence-electron chi connectivity index (χ0n) is 66.4. The Morgan fingerprint density at radius 2 is 1.29 bits per heavy atom. The third-order valence-corrected chi connectivity index (χ3v) is 23.6. The van der Waals surface area contributed by atoms with E-state index in [1.165, 1.54) is 41.8 Å². The lowest BCUT2D eigenvalue weighted by Gasteiger charge is -2.27. The molecule has 4 aromatic carbocycles. The number of aliphatic imine (C=N–C) groups is 1. The van der Waals surface area contributed by atoms with Crippen LogP contribution in [0.3, 0.4) is 0 Å². The fourth-order valence-electron chi connectivity index (χ4n) is 14.6. The van der Waals surface area contributed by atoms with Crippen LogP contribution in [-0.2, 0) is 89.6 Å². The molecular weight excluding hydrogens is 1530 g/mol. The number of carbonyl (C=O) groups is 12. The van der Waals surface area contributed by atoms with Gasteiger partial charge in [-0.2, -0.15) is 0 Å². The molecule has 17 N–H and O–H groups in total. The average Bonchev–Trinajstić information content (AvgIpc) is 1.75. The summed E-state index contributed by atoms with van der Waals surface area (Å²) < 4.78 is 0. The molecule has 0 spiro atoms. The number of unbranched alkanes of at least 4 members (excludes halogenated alkanes) is 1. The number of hydrogen-bond acceptors (Lipinski definition) is 18. The van der Waals surface area contributed by atoms with Gasteiger partial charge in [0.2, 0.25) is 47.3 Å². The van der Waals surface area contributed by atoms with Crippen LogP contribution in [0.2, 0.25) is 0 Å². The zero-order valence-corrected chi connectivity index (χ0v) is 68.1. The van der Waals surface area contributed by atoms with Crippen molar-refractivity contribution in [2.24, 2.45) is 40.1 Å². The molecule has 0 radical (unpaired) electrons. The summed E-state index contributed by atoms with van der Waals surface area (Å²) in [5, 5.41) is 42.1. The Bertz CT molecular complexity index is 4570. The van der Waals surface area contributed by atoms with Crippen LogP contribution in [0.25, 0.3) is 16.5 Å². The van der Waals surface area contributed by atoms with Crippen molar-refractivity contribution in [3.63, 3.8) is 0 Å². The fourth-order valence-corrected chi connectivity index (χ4v) is 16.8. The lowest BCUT2D eigenvalue weighted by Crippen LogP contribution is -2.58. The highest BCUT2D eigenvalue weighted by Crippen LogP contribution is 2.33. The molecule has 0 bridgehead atoms. The van der Waals surface area contributed by atoms with Crippen molar-refractivity contribution in [2.45, 2.75) is 191 Å². The molecule has 0 unspecified atom stereocenters. The smallest absolute Gasteiger partial charge is 0.243 e. The fraction of sp³-hybridized carbons (Fsp3) is 0.442. The zero-order chi connectivity index (χ0) is 83.8. The number of allylic oxidation sites excluding steroid dienone is 2. The molecule has 117 heavy (non-hydrogen) atoms. The number of imidazole rings is 1. The van der Waals surface area contributed by atoms with Crippen LogP contribution in [0.15, 0.2) is 151 Å². The predicted octanol–water partition coefficient (Wildman–Crippen LogP) is 6.75. The molecule has 9 rings (SSSR count). The number of benzene rings is 4. The maximum Gasteiger partial charge on any atom is 0.243 e. The Kier molecular flexibility index (Phi) is 35.1. The van der Waals surface area contributed by atoms with Gasteiger partial charge in [-0.1, -0.05) is 150 Å². The summed E-state index contributed by atoms with van der Waals surface area (Å²) in [6.07, 6.45) is 11.5. The molecule has 11 atom stereocenters. The van der Waals surface area contributed by atoms with Crippen LogP contribution in [0.4, 0.5) is 0 Å². The quantitative estimate of drug-likeness (QED) is 0.00860. The molecule has 4 heterocycles. The van der Waals surface area contributed by atoms with Crippen LogP contribution >= 0.6 is 21.6 Å². The average molecular weight is 1640 g/mol. The Morgan fingerprint density at radius 1 is 0.632 bits per heavy atom. The van der Waals surface area contributed by atoms with E-state index >= 15 is 28.8 Å². The van der Waals surface area contributed by atoms with Gasteiger partial charge in [-0.3, -0.25) is 73.3 Å². The number of fused-ring (bicyclic) bond motifs is 2. The number of amidine groups is 1. The van der Waals surface area contributed by atoms with Crippen LogP contribution in [0.1, 0.15) is 151 Å². The first-order chi connectivity index (χ1) is 56.3. The second-order valence-electron chi connectivity index (χ2n) is 30.2. The highest BCUT2D eigenvalue weighted by atomic mass is 33.1. The van der Waals surface area contributed by atoms with Gasteiger partial charge in [-0.05, 0) is 97.7 Å². The van der Waals surface area contributed by atoms with E-state index in [4.69, 9.17) is 22.3 Å². The van der Waals surface area contributed by atoms with Gasteiger partial charge < -0.3 is 69.3 Å². The number of Topliss-reactive ketones (excluding diaryl/α,β-unsaturated/α-hetero) is 4. The van der Waals surface area contributed by atoms with Gasteiger partial charge in [-0.15, -0.1) is 0 Å². The first kappa shape index (κ1) is 89.6. The lowest BCUT2D eigenvalue weighted by atomic mass is 9.81. The van der Waals surface area contributed by atoms with E-state index in [2.05, 4.69) is 67.8 Å². The van der Waals surface area contributed by atoms with Gasteiger partial charge in [-0.25, -0.2) is 4.98 Å². The summed E-state index contributed by atoms with van der Waals surface area (Å²) in [5.41, 5.74) is 17.9. The molecule has 0 saturated carbocycles. The summed E-state index contributed by atoms with van der Waals surface area (Å²) in [5.74, 6) is -10.8. The van der Waals surface area contributed by atoms with Crippen molar-refractivity contribution in [3.8, 4) is 0 Å². The van der Waals surface area contributed by atoms with Crippen LogP contribution in [0.5, 0.6) is 0 Å². The molecule has 3 aliphatic rings. The van der Waals surface area contributed by atoms with Gasteiger partial charge in [0.25, 0.3) is 0 Å². The minimum atomic E-state index is -1.33. The molecule has 31 heteroatoms. The first-order valence-corrected chi connectivity index (χ1v) is 42.6. The molecule has 6 aromatic rings. The summed E-state index contributed by atoms with van der Waals surface area (Å²) in [6.45, 7) is 4.75. The van der Waals surface area contributed by atoms with E-state index in [0.29, 0.717) is 71.7 Å². The standard InChI is InChI=1S/C86H109N17O12S2/c1-52(39-77(108)70(43-58-32-31-57-23-10-11-25-65(57)58)101-81(111)68(28-14-15-30-78(87)88)100-84(114)71(41-56-21-8-5-9-22-56)102-85(115)73(98-54(3)104)48-63-24-16-34-92-63)74(105)45-59-33-38-117-116-37-18-36-93-79(109)53(2)97-83(113)72(44-62-49-95-67-27-13-12-26-66(62)67)103-82(112)69(29-17-35-94-86(89)90)99-80(110)61(40-55-19-6-4-7-20-55)47-76(107)60(46-75(59)106)42-64-50-91-51-96-64/h4-13,19-27,32,34,49-53,59-61,68-73,95H,14-18,28-31,33,35-48H2,1-3H3,(H3,87,88)(H,91,96)(H,93,109)(H,97,113)(H,98,104)(H,99,110)(H,100,114)(H,101,111)(H,102,115)(H,103,112)(H4,89,90,94)/t52-,53+,59-,60-,61+,68+,69+,70+,71-,72+,73+/m1/s1. The monoisotopic (exact) mass is 1640 g/mol. The number of H-pyrrole nitrogens is 2. The Labute approximate surface area is 689 Å². The van der Waals surface area contributed by atoms with Crippen LogP contribution < -0.4 is 59.3 Å². The molecule has 2 aromatic heterocycles. The molecule has 1 aliphatic carbocycles. The minimum absolute atomic E-state index is 0.00637. The number of hydrogen-bond donors (Lipinski definition) is 15. The molecule has 622 valence electrons. The van der Waals surface area contributed by atoms with Crippen molar-refractivity contribution < 1.29 is 57.5 Å². The molecule has 1 fully saturated rings. The predicted molar refractivity (Wildman–Crippen MR) is 453 cm³/mol. The molecule has 29 nitrogen and oxygen atoms in total. The number of aromatic nitrogens is 3. The topological polar surface area (TPSA) is 470 Å². The Balaban J connectivity index is 0.977. The minimum Gasteiger partial charge on any atom is -0.388 e. The maximum absolute atomic E-state index is 15.4. The second kappa shape index (κ2) is 45.8. The van der Waals surface area contributed by atoms with Gasteiger partial charge in [0.15, 0.2) is 11.7 Å². The number of carbonyl (C=O) groups excluding carboxylic acids is 12. The third kappa shape index (κ3) is 28.8. The van der Waals surface area contributed by atoms with Gasteiger partial charge in [0.05, 0.1) is 23.9 Å². The number of nitrogens with two attached hydrogens (primary N) is 2. The molecule has 1 saturated heterocycles. The summed E-state index contributed by atoms with van der Waals surface area (Å²) in [6, 6.07) is 24.3. The van der Waals surface area contributed by atoms with Crippen LogP contribution in [-0.4, -0.2) is 170 Å². The number of amides is 8. The Hall–Kier alpha value is -11.3. The van der Waals surface area contributed by atoms with Crippen molar-refractivity contribution in [1.82, 2.24) is 62.8 Å². The molecule has 2 aliphatic heterocycles. The number of aromatic amines is 2. The highest BCUT2D eigenvalue weighted by Gasteiger charge is 2.38. The van der Waals surface area contributed by atoms with Crippen molar-refractivity contribution in [2.75, 3.05) is 24.6 Å². The number of nitrogens with one attached hydrogen (secondary N) is 13. The summed E-state index contributed by atoms with van der Waals surface area (Å²) in [7, 11) is 2.94.